The minimum Gasteiger partial charge on any atom is -0.320 e. The van der Waals surface area contributed by atoms with Gasteiger partial charge in [-0.05, 0) is 59.3 Å². The fourth-order valence-electron chi connectivity index (χ4n) is 2.03. The molecule has 0 bridgehead atoms. The Morgan fingerprint density at radius 3 is 2.86 bits per heavy atom. The second-order valence-electron chi connectivity index (χ2n) is 4.66. The number of amides is 1. The maximum absolute atomic E-state index is 12.3. The molecule has 1 amide bonds. The summed E-state index contributed by atoms with van der Waals surface area (Å²) in [7, 11) is 0. The van der Waals surface area contributed by atoms with Gasteiger partial charge in [0.1, 0.15) is 4.60 Å². The van der Waals surface area contributed by atoms with Crippen molar-refractivity contribution in [3.63, 3.8) is 0 Å². The fraction of sp³-hybridized carbons (Fsp3) is 0.0625. The Morgan fingerprint density at radius 1 is 1.19 bits per heavy atom. The molecule has 104 valence electrons. The first-order valence-corrected chi connectivity index (χ1v) is 7.22. The quantitative estimate of drug-likeness (QED) is 0.718. The van der Waals surface area contributed by atoms with Gasteiger partial charge in [-0.3, -0.25) is 9.78 Å². The van der Waals surface area contributed by atoms with Crippen LogP contribution in [-0.4, -0.2) is 15.9 Å². The first-order chi connectivity index (χ1) is 10.1. The Balaban J connectivity index is 1.89. The van der Waals surface area contributed by atoms with Crippen molar-refractivity contribution in [3.8, 4) is 0 Å². The smallest absolute Gasteiger partial charge is 0.255 e. The van der Waals surface area contributed by atoms with Gasteiger partial charge in [-0.25, -0.2) is 4.98 Å². The maximum Gasteiger partial charge on any atom is 0.255 e. The van der Waals surface area contributed by atoms with Gasteiger partial charge in [-0.2, -0.15) is 0 Å². The van der Waals surface area contributed by atoms with Gasteiger partial charge in [0.15, 0.2) is 0 Å². The number of aromatic nitrogens is 2. The van der Waals surface area contributed by atoms with Crippen molar-refractivity contribution >= 4 is 38.4 Å². The average molecular weight is 342 g/mol. The lowest BCUT2D eigenvalue weighted by Crippen LogP contribution is -2.12. The number of nitrogens with one attached hydrogen (secondary N) is 1. The van der Waals surface area contributed by atoms with E-state index in [0.29, 0.717) is 15.9 Å². The molecule has 0 spiro atoms. The molecule has 1 aromatic carbocycles. The van der Waals surface area contributed by atoms with E-state index in [0.717, 1.165) is 16.6 Å². The molecule has 0 atom stereocenters. The number of nitrogens with zero attached hydrogens (tertiary/aromatic N) is 2. The zero-order valence-electron chi connectivity index (χ0n) is 11.3. The molecule has 0 saturated carbocycles. The highest BCUT2D eigenvalue weighted by Gasteiger charge is 2.10. The molecule has 2 heterocycles. The molecular weight excluding hydrogens is 330 g/mol. The molecule has 3 aromatic rings. The number of aryl methyl sites for hydroxylation is 1. The summed E-state index contributed by atoms with van der Waals surface area (Å²) in [4.78, 5) is 20.8. The third-order valence-corrected chi connectivity index (χ3v) is 3.71. The van der Waals surface area contributed by atoms with Crippen molar-refractivity contribution in [1.82, 2.24) is 9.97 Å². The molecule has 21 heavy (non-hydrogen) atoms. The number of pyridine rings is 2. The Kier molecular flexibility index (Phi) is 3.66. The van der Waals surface area contributed by atoms with Crippen molar-refractivity contribution < 1.29 is 4.79 Å². The van der Waals surface area contributed by atoms with E-state index in [9.17, 15) is 4.79 Å². The third-order valence-electron chi connectivity index (χ3n) is 3.10. The zero-order valence-corrected chi connectivity index (χ0v) is 12.9. The molecule has 3 rings (SSSR count). The zero-order chi connectivity index (χ0) is 14.8. The fourth-order valence-corrected chi connectivity index (χ4v) is 2.54. The highest BCUT2D eigenvalue weighted by atomic mass is 79.9. The molecule has 5 heteroatoms. The van der Waals surface area contributed by atoms with Crippen LogP contribution in [0.4, 0.5) is 5.69 Å². The van der Waals surface area contributed by atoms with Gasteiger partial charge in [0.25, 0.3) is 5.91 Å². The van der Waals surface area contributed by atoms with Crippen LogP contribution >= 0.6 is 15.9 Å². The molecule has 4 nitrogen and oxygen atoms in total. The number of carbonyl (C=O) groups excluding carboxylic acids is 1. The number of benzene rings is 1. The lowest BCUT2D eigenvalue weighted by Gasteiger charge is -2.08. The van der Waals surface area contributed by atoms with Crippen molar-refractivity contribution in [1.29, 1.82) is 0 Å². The van der Waals surface area contributed by atoms with E-state index in [1.54, 1.807) is 12.3 Å². The van der Waals surface area contributed by atoms with Crippen molar-refractivity contribution in [2.45, 2.75) is 6.92 Å². The monoisotopic (exact) mass is 341 g/mol. The van der Waals surface area contributed by atoms with E-state index in [1.165, 1.54) is 0 Å². The summed E-state index contributed by atoms with van der Waals surface area (Å²) < 4.78 is 0.623. The maximum atomic E-state index is 12.3. The van der Waals surface area contributed by atoms with Gasteiger partial charge in [0.2, 0.25) is 0 Å². The number of rotatable bonds is 2. The van der Waals surface area contributed by atoms with E-state index < -0.39 is 0 Å². The summed E-state index contributed by atoms with van der Waals surface area (Å²) in [5.41, 5.74) is 2.99. The molecule has 1 N–H and O–H groups in total. The predicted octanol–water partition coefficient (Wildman–Crippen LogP) is 3.95. The second-order valence-corrected chi connectivity index (χ2v) is 5.41. The Labute approximate surface area is 130 Å². The van der Waals surface area contributed by atoms with Crippen molar-refractivity contribution in [3.05, 3.63) is 64.5 Å². The standard InChI is InChI=1S/C16H12BrN3O/c1-10-4-6-14(15(17)19-10)20-16(21)12-5-7-13-11(9-12)3-2-8-18-13/h2-9H,1H3,(H,20,21). The molecule has 0 aliphatic rings. The van der Waals surface area contributed by atoms with Crippen LogP contribution in [0, 0.1) is 6.92 Å². The highest BCUT2D eigenvalue weighted by Crippen LogP contribution is 2.21. The number of fused-ring (bicyclic) bond motifs is 1. The molecule has 0 unspecified atom stereocenters. The predicted molar refractivity (Wildman–Crippen MR) is 86.4 cm³/mol. The van der Waals surface area contributed by atoms with Gasteiger partial charge in [0.05, 0.1) is 11.2 Å². The Hall–Kier alpha value is -2.27. The lowest BCUT2D eigenvalue weighted by molar-refractivity contribution is 0.102. The van der Waals surface area contributed by atoms with Crippen LogP contribution in [0.5, 0.6) is 0 Å². The molecule has 0 aliphatic heterocycles. The SMILES string of the molecule is Cc1ccc(NC(=O)c2ccc3ncccc3c2)c(Br)n1. The average Bonchev–Trinajstić information content (AvgIpc) is 2.49. The van der Waals surface area contributed by atoms with E-state index in [-0.39, 0.29) is 5.91 Å². The normalized spacial score (nSPS) is 10.6. The number of hydrogen-bond acceptors (Lipinski definition) is 3. The Bertz CT molecular complexity index is 833. The first-order valence-electron chi connectivity index (χ1n) is 6.43. The van der Waals surface area contributed by atoms with E-state index >= 15 is 0 Å². The molecule has 2 aromatic heterocycles. The van der Waals surface area contributed by atoms with Gasteiger partial charge < -0.3 is 5.32 Å². The van der Waals surface area contributed by atoms with Gasteiger partial charge >= 0.3 is 0 Å². The lowest BCUT2D eigenvalue weighted by atomic mass is 10.1. The Morgan fingerprint density at radius 2 is 2.05 bits per heavy atom. The summed E-state index contributed by atoms with van der Waals surface area (Å²) in [6.45, 7) is 1.90. The highest BCUT2D eigenvalue weighted by molar-refractivity contribution is 9.10. The topological polar surface area (TPSA) is 54.9 Å². The first kappa shape index (κ1) is 13.7. The molecule has 0 saturated heterocycles. The van der Waals surface area contributed by atoms with Crippen molar-refractivity contribution in [2.75, 3.05) is 5.32 Å². The van der Waals surface area contributed by atoms with E-state index in [2.05, 4.69) is 31.2 Å². The second kappa shape index (κ2) is 5.61. The minimum absolute atomic E-state index is 0.174. The summed E-state index contributed by atoms with van der Waals surface area (Å²) in [6, 6.07) is 12.9. The van der Waals surface area contributed by atoms with Crippen LogP contribution in [0.2, 0.25) is 0 Å². The van der Waals surface area contributed by atoms with Crippen LogP contribution in [0.3, 0.4) is 0 Å². The van der Waals surface area contributed by atoms with Crippen molar-refractivity contribution in [2.24, 2.45) is 0 Å². The van der Waals surface area contributed by atoms with Crippen LogP contribution in [0.1, 0.15) is 16.1 Å². The summed E-state index contributed by atoms with van der Waals surface area (Å²) in [5.74, 6) is -0.174. The molecular formula is C16H12BrN3O. The van der Waals surface area contributed by atoms with Crippen LogP contribution in [0.25, 0.3) is 10.9 Å². The summed E-state index contributed by atoms with van der Waals surface area (Å²) >= 11 is 3.35. The largest absolute Gasteiger partial charge is 0.320 e. The van der Waals surface area contributed by atoms with E-state index in [4.69, 9.17) is 0 Å². The number of hydrogen-bond donors (Lipinski definition) is 1. The van der Waals surface area contributed by atoms with Gasteiger partial charge in [0, 0.05) is 22.8 Å². The van der Waals surface area contributed by atoms with Gasteiger partial charge in [-0.1, -0.05) is 6.07 Å². The third kappa shape index (κ3) is 2.92. The molecule has 0 aliphatic carbocycles. The number of anilines is 1. The molecule has 0 fully saturated rings. The van der Waals surface area contributed by atoms with Crippen LogP contribution < -0.4 is 5.32 Å². The van der Waals surface area contributed by atoms with Gasteiger partial charge in [-0.15, -0.1) is 0 Å². The summed E-state index contributed by atoms with van der Waals surface area (Å²) in [6.07, 6.45) is 1.73. The number of carbonyl (C=O) groups is 1. The molecule has 0 radical (unpaired) electrons. The minimum atomic E-state index is -0.174. The van der Waals surface area contributed by atoms with Crippen LogP contribution in [0.15, 0.2) is 53.3 Å². The van der Waals surface area contributed by atoms with Crippen LogP contribution in [-0.2, 0) is 0 Å². The number of halogens is 1. The van der Waals surface area contributed by atoms with E-state index in [1.807, 2.05) is 43.3 Å². The summed E-state index contributed by atoms with van der Waals surface area (Å²) in [5, 5.41) is 3.79.